The molecule has 0 fully saturated rings. The van der Waals surface area contributed by atoms with E-state index in [1.54, 1.807) is 12.0 Å². The molecular weight excluding hydrogens is 316 g/mol. The number of benzene rings is 2. The Morgan fingerprint density at radius 3 is 2.52 bits per heavy atom. The van der Waals surface area contributed by atoms with E-state index in [4.69, 9.17) is 10.1 Å². The second-order valence-corrected chi connectivity index (χ2v) is 5.94. The number of aliphatic hydroxyl groups is 1. The van der Waals surface area contributed by atoms with Crippen molar-refractivity contribution in [1.29, 1.82) is 5.41 Å². The van der Waals surface area contributed by atoms with Crippen LogP contribution in [0.15, 0.2) is 54.3 Å². The summed E-state index contributed by atoms with van der Waals surface area (Å²) in [5, 5.41) is 19.1. The van der Waals surface area contributed by atoms with Crippen molar-refractivity contribution in [3.8, 4) is 5.75 Å². The van der Waals surface area contributed by atoms with Crippen LogP contribution in [0.3, 0.4) is 0 Å². The molecule has 0 amide bonds. The first-order valence-corrected chi connectivity index (χ1v) is 7.94. The summed E-state index contributed by atoms with van der Waals surface area (Å²) in [6.45, 7) is 0.254. The van der Waals surface area contributed by atoms with Crippen LogP contribution in [-0.2, 0) is 7.05 Å². The van der Waals surface area contributed by atoms with Crippen LogP contribution in [0.2, 0.25) is 0 Å². The van der Waals surface area contributed by atoms with E-state index in [0.717, 1.165) is 22.5 Å². The number of nitrogens with zero attached hydrogens (tertiary/aromatic N) is 3. The molecule has 2 aromatic carbocycles. The minimum Gasteiger partial charge on any atom is -0.509 e. The Hall–Kier alpha value is -3.28. The maximum atomic E-state index is 10.5. The van der Waals surface area contributed by atoms with Crippen molar-refractivity contribution in [2.24, 2.45) is 7.05 Å². The molecule has 2 N–H and O–H groups in total. The number of anilines is 1. The lowest BCUT2D eigenvalue weighted by Gasteiger charge is -2.19. The number of para-hydroxylation sites is 2. The molecule has 4 rings (SSSR count). The lowest BCUT2D eigenvalue weighted by atomic mass is 10.2. The van der Waals surface area contributed by atoms with Gasteiger partial charge in [-0.15, -0.1) is 0 Å². The van der Waals surface area contributed by atoms with E-state index in [1.807, 2.05) is 60.1 Å². The fraction of sp³-hybridized carbons (Fsp3) is 0.158. The molecule has 0 unspecified atom stereocenters. The number of ether oxygens (including phenoxy) is 1. The van der Waals surface area contributed by atoms with Gasteiger partial charge in [0.05, 0.1) is 30.3 Å². The zero-order valence-electron chi connectivity index (χ0n) is 14.0. The van der Waals surface area contributed by atoms with Gasteiger partial charge in [0.15, 0.2) is 0 Å². The highest BCUT2D eigenvalue weighted by molar-refractivity contribution is 6.30. The van der Waals surface area contributed by atoms with E-state index in [2.05, 4.69) is 4.98 Å². The summed E-state index contributed by atoms with van der Waals surface area (Å²) in [4.78, 5) is 6.36. The number of hydrogen-bond acceptors (Lipinski definition) is 4. The van der Waals surface area contributed by atoms with Gasteiger partial charge in [0.2, 0.25) is 0 Å². The lowest BCUT2D eigenvalue weighted by molar-refractivity contribution is 0.411. The molecule has 0 radical (unpaired) electrons. The van der Waals surface area contributed by atoms with Crippen LogP contribution in [0, 0.1) is 5.41 Å². The molecule has 2 heterocycles. The summed E-state index contributed by atoms with van der Waals surface area (Å²) in [6.07, 6.45) is 0. The monoisotopic (exact) mass is 334 g/mol. The Kier molecular flexibility index (Phi) is 3.46. The zero-order chi connectivity index (χ0) is 17.6. The van der Waals surface area contributed by atoms with Crippen LogP contribution >= 0.6 is 0 Å². The van der Waals surface area contributed by atoms with Crippen molar-refractivity contribution in [3.05, 3.63) is 60.1 Å². The maximum Gasteiger partial charge on any atom is 0.148 e. The Bertz CT molecular complexity index is 1000. The van der Waals surface area contributed by atoms with Gasteiger partial charge in [-0.05, 0) is 36.4 Å². The first-order chi connectivity index (χ1) is 12.1. The molecule has 1 aliphatic rings. The molecule has 126 valence electrons. The number of imidazole rings is 1. The molecule has 1 aromatic heterocycles. The molecule has 0 bridgehead atoms. The van der Waals surface area contributed by atoms with E-state index in [1.165, 1.54) is 0 Å². The van der Waals surface area contributed by atoms with Crippen LogP contribution in [0.25, 0.3) is 16.6 Å². The summed E-state index contributed by atoms with van der Waals surface area (Å²) >= 11 is 0. The SMILES string of the molecule is COc1ccc(N2CC(O)=C(c3nc4ccccc4n3C)C2=N)cc1. The Balaban J connectivity index is 1.73. The van der Waals surface area contributed by atoms with Crippen molar-refractivity contribution in [1.82, 2.24) is 9.55 Å². The van der Waals surface area contributed by atoms with Gasteiger partial charge in [0.25, 0.3) is 0 Å². The maximum absolute atomic E-state index is 10.5. The first kappa shape index (κ1) is 15.3. The van der Waals surface area contributed by atoms with Crippen molar-refractivity contribution < 1.29 is 9.84 Å². The summed E-state index contributed by atoms with van der Waals surface area (Å²) < 4.78 is 7.08. The number of rotatable bonds is 3. The number of nitrogens with one attached hydrogen (secondary N) is 1. The van der Waals surface area contributed by atoms with Crippen LogP contribution < -0.4 is 9.64 Å². The average Bonchev–Trinajstić information content (AvgIpc) is 3.12. The average molecular weight is 334 g/mol. The largest absolute Gasteiger partial charge is 0.509 e. The molecule has 0 atom stereocenters. The second-order valence-electron chi connectivity index (χ2n) is 5.94. The third-order valence-electron chi connectivity index (χ3n) is 4.50. The highest BCUT2D eigenvalue weighted by Crippen LogP contribution is 2.32. The summed E-state index contributed by atoms with van der Waals surface area (Å²) in [7, 11) is 3.51. The molecule has 25 heavy (non-hydrogen) atoms. The number of amidine groups is 1. The van der Waals surface area contributed by atoms with Crippen LogP contribution in [0.5, 0.6) is 5.75 Å². The quantitative estimate of drug-likeness (QED) is 0.770. The number of aliphatic hydroxyl groups excluding tert-OH is 1. The highest BCUT2D eigenvalue weighted by Gasteiger charge is 2.32. The Labute approximate surface area is 145 Å². The van der Waals surface area contributed by atoms with E-state index >= 15 is 0 Å². The van der Waals surface area contributed by atoms with E-state index < -0.39 is 0 Å². The van der Waals surface area contributed by atoms with Crippen molar-refractivity contribution in [2.75, 3.05) is 18.6 Å². The van der Waals surface area contributed by atoms with E-state index in [9.17, 15) is 5.11 Å². The zero-order valence-corrected chi connectivity index (χ0v) is 14.0. The van der Waals surface area contributed by atoms with Crippen molar-refractivity contribution in [2.45, 2.75) is 0 Å². The lowest BCUT2D eigenvalue weighted by Crippen LogP contribution is -2.26. The number of fused-ring (bicyclic) bond motifs is 1. The molecule has 6 nitrogen and oxygen atoms in total. The Morgan fingerprint density at radius 2 is 1.84 bits per heavy atom. The topological polar surface area (TPSA) is 74.4 Å². The first-order valence-electron chi connectivity index (χ1n) is 7.94. The molecule has 0 aliphatic carbocycles. The number of aromatic nitrogens is 2. The Morgan fingerprint density at radius 1 is 1.12 bits per heavy atom. The number of hydrogen-bond donors (Lipinski definition) is 2. The van der Waals surface area contributed by atoms with E-state index in [-0.39, 0.29) is 18.1 Å². The van der Waals surface area contributed by atoms with Gasteiger partial charge in [-0.3, -0.25) is 5.41 Å². The van der Waals surface area contributed by atoms with E-state index in [0.29, 0.717) is 11.4 Å². The fourth-order valence-corrected chi connectivity index (χ4v) is 3.17. The molecular formula is C19H18N4O2. The summed E-state index contributed by atoms with van der Waals surface area (Å²) in [6, 6.07) is 15.2. The minimum atomic E-state index is 0.152. The number of aryl methyl sites for hydroxylation is 1. The van der Waals surface area contributed by atoms with Crippen LogP contribution in [-0.4, -0.2) is 34.1 Å². The van der Waals surface area contributed by atoms with Gasteiger partial charge in [0.1, 0.15) is 23.2 Å². The smallest absolute Gasteiger partial charge is 0.148 e. The number of methoxy groups -OCH3 is 1. The van der Waals surface area contributed by atoms with Gasteiger partial charge in [-0.25, -0.2) is 4.98 Å². The van der Waals surface area contributed by atoms with Crippen LogP contribution in [0.4, 0.5) is 5.69 Å². The standard InChI is InChI=1S/C19H18N4O2/c1-22-15-6-4-3-5-14(15)21-19(22)17-16(24)11-23(18(17)20)12-7-9-13(25-2)10-8-12/h3-10,20,24H,11H2,1-2H3. The van der Waals surface area contributed by atoms with Crippen LogP contribution in [0.1, 0.15) is 5.82 Å². The molecule has 1 aliphatic heterocycles. The van der Waals surface area contributed by atoms with Gasteiger partial charge in [-0.1, -0.05) is 12.1 Å². The minimum absolute atomic E-state index is 0.152. The van der Waals surface area contributed by atoms with Crippen molar-refractivity contribution in [3.63, 3.8) is 0 Å². The van der Waals surface area contributed by atoms with Crippen molar-refractivity contribution >= 4 is 28.1 Å². The summed E-state index contributed by atoms with van der Waals surface area (Å²) in [5.74, 6) is 1.74. The normalized spacial score (nSPS) is 14.6. The highest BCUT2D eigenvalue weighted by atomic mass is 16.5. The molecule has 6 heteroatoms. The summed E-state index contributed by atoms with van der Waals surface area (Å²) in [5.41, 5.74) is 3.10. The van der Waals surface area contributed by atoms with Gasteiger partial charge >= 0.3 is 0 Å². The molecule has 0 spiro atoms. The molecule has 0 saturated carbocycles. The fourth-order valence-electron chi connectivity index (χ4n) is 3.17. The van der Waals surface area contributed by atoms with Gasteiger partial charge < -0.3 is 19.3 Å². The third-order valence-corrected chi connectivity index (χ3v) is 4.50. The second kappa shape index (κ2) is 5.66. The molecule has 0 saturated heterocycles. The molecule has 3 aromatic rings. The third kappa shape index (κ3) is 2.34. The predicted molar refractivity (Wildman–Crippen MR) is 98.3 cm³/mol. The van der Waals surface area contributed by atoms with Gasteiger partial charge in [-0.2, -0.15) is 0 Å². The van der Waals surface area contributed by atoms with Gasteiger partial charge in [0, 0.05) is 12.7 Å². The predicted octanol–water partition coefficient (Wildman–Crippen LogP) is 3.35.